The summed E-state index contributed by atoms with van der Waals surface area (Å²) in [5.74, 6) is 1.62. The van der Waals surface area contributed by atoms with E-state index < -0.39 is 0 Å². The van der Waals surface area contributed by atoms with Gasteiger partial charge < -0.3 is 15.4 Å². The molecule has 2 N–H and O–H groups in total. The van der Waals surface area contributed by atoms with E-state index in [4.69, 9.17) is 10.5 Å². The highest BCUT2D eigenvalue weighted by atomic mass is 16.5. The van der Waals surface area contributed by atoms with Gasteiger partial charge in [0, 0.05) is 24.2 Å². The number of nitrogens with two attached hydrogens (primary N) is 1. The number of hydrogen-bond acceptors (Lipinski definition) is 4. The topological polar surface area (TPSA) is 50.9 Å². The van der Waals surface area contributed by atoms with Gasteiger partial charge in [-0.2, -0.15) is 0 Å². The van der Waals surface area contributed by atoms with Gasteiger partial charge in [0.05, 0.1) is 5.36 Å². The molecule has 2 aromatic rings. The van der Waals surface area contributed by atoms with Gasteiger partial charge in [-0.15, -0.1) is 0 Å². The molecule has 0 bridgehead atoms. The first-order valence-electron chi connectivity index (χ1n) is 6.52. The molecule has 3 rings (SSSR count). The van der Waals surface area contributed by atoms with E-state index >= 15 is 0 Å². The van der Waals surface area contributed by atoms with Crippen molar-refractivity contribution < 1.29 is 4.74 Å². The average molecular weight is 267 g/mol. The number of rotatable bonds is 2. The summed E-state index contributed by atoms with van der Waals surface area (Å²) in [7, 11) is 2.00. The molecular weight excluding hydrogens is 250 g/mol. The molecule has 0 fully saturated rings. The Morgan fingerprint density at radius 3 is 2.85 bits per heavy atom. The van der Waals surface area contributed by atoms with Crippen molar-refractivity contribution >= 4 is 11.9 Å². The highest BCUT2D eigenvalue weighted by Gasteiger charge is 2.04. The van der Waals surface area contributed by atoms with Crippen molar-refractivity contribution in [3.8, 4) is 11.5 Å². The molecule has 0 aliphatic carbocycles. The Kier molecular flexibility index (Phi) is 3.06. The summed E-state index contributed by atoms with van der Waals surface area (Å²) in [5, 5.41) is 2.08. The molecule has 0 amide bonds. The van der Waals surface area contributed by atoms with E-state index in [0.717, 1.165) is 33.3 Å². The zero-order chi connectivity index (χ0) is 14.1. The van der Waals surface area contributed by atoms with Gasteiger partial charge in [-0.1, -0.05) is 0 Å². The first-order valence-corrected chi connectivity index (χ1v) is 6.52. The van der Waals surface area contributed by atoms with Crippen molar-refractivity contribution in [2.45, 2.75) is 6.92 Å². The van der Waals surface area contributed by atoms with Gasteiger partial charge in [-0.05, 0) is 48.9 Å². The summed E-state index contributed by atoms with van der Waals surface area (Å²) < 4.78 is 5.93. The quantitative estimate of drug-likeness (QED) is 0.841. The van der Waals surface area contributed by atoms with Gasteiger partial charge >= 0.3 is 0 Å². The van der Waals surface area contributed by atoms with Crippen molar-refractivity contribution in [3.05, 3.63) is 52.5 Å². The maximum Gasteiger partial charge on any atom is 0.130 e. The Bertz CT molecular complexity index is 768. The summed E-state index contributed by atoms with van der Waals surface area (Å²) in [6.45, 7) is 2.68. The van der Waals surface area contributed by atoms with Gasteiger partial charge in [0.1, 0.15) is 18.2 Å². The number of nitrogens with zero attached hydrogens (tertiary/aromatic N) is 2. The van der Waals surface area contributed by atoms with Crippen LogP contribution in [0.3, 0.4) is 0 Å². The molecule has 1 heterocycles. The smallest absolute Gasteiger partial charge is 0.130 e. The lowest BCUT2D eigenvalue weighted by molar-refractivity contribution is 0.474. The minimum absolute atomic E-state index is 0.699. The third-order valence-electron chi connectivity index (χ3n) is 3.25. The number of benzene rings is 2. The van der Waals surface area contributed by atoms with Gasteiger partial charge in [0.25, 0.3) is 0 Å². The van der Waals surface area contributed by atoms with Crippen LogP contribution in [0.2, 0.25) is 0 Å². The lowest BCUT2D eigenvalue weighted by Gasteiger charge is -2.15. The molecule has 0 unspecified atom stereocenters. The Hall–Kier alpha value is -2.49. The zero-order valence-corrected chi connectivity index (χ0v) is 11.6. The summed E-state index contributed by atoms with van der Waals surface area (Å²) in [6.07, 6.45) is 2.07. The van der Waals surface area contributed by atoms with Crippen LogP contribution >= 0.6 is 0 Å². The average Bonchev–Trinajstić information content (AvgIpc) is 2.41. The maximum atomic E-state index is 5.93. The van der Waals surface area contributed by atoms with E-state index in [-0.39, 0.29) is 0 Å². The minimum Gasteiger partial charge on any atom is -0.457 e. The fourth-order valence-corrected chi connectivity index (χ4v) is 2.22. The van der Waals surface area contributed by atoms with E-state index in [1.54, 1.807) is 0 Å². The number of ether oxygens (including phenoxy) is 1. The number of aryl methyl sites for hydroxylation is 1. The number of anilines is 1. The Balaban J connectivity index is 1.96. The van der Waals surface area contributed by atoms with Gasteiger partial charge in [0.15, 0.2) is 0 Å². The Morgan fingerprint density at radius 2 is 2.05 bits per heavy atom. The van der Waals surface area contributed by atoms with Crippen molar-refractivity contribution in [1.29, 1.82) is 0 Å². The molecule has 0 saturated carbocycles. The Morgan fingerprint density at radius 1 is 1.20 bits per heavy atom. The molecule has 0 radical (unpaired) electrons. The highest BCUT2D eigenvalue weighted by molar-refractivity contribution is 5.48. The van der Waals surface area contributed by atoms with E-state index in [1.807, 2.05) is 55.3 Å². The zero-order valence-electron chi connectivity index (χ0n) is 11.6. The fraction of sp³-hybridized carbons (Fsp3) is 0.188. The maximum absolute atomic E-state index is 5.93. The fourth-order valence-electron chi connectivity index (χ4n) is 2.22. The largest absolute Gasteiger partial charge is 0.457 e. The van der Waals surface area contributed by atoms with Crippen LogP contribution in [0, 0.1) is 6.92 Å². The van der Waals surface area contributed by atoms with Crippen molar-refractivity contribution in [2.75, 3.05) is 19.5 Å². The van der Waals surface area contributed by atoms with Crippen LogP contribution in [0.15, 0.2) is 41.4 Å². The van der Waals surface area contributed by atoms with Gasteiger partial charge in [0.2, 0.25) is 0 Å². The first-order chi connectivity index (χ1) is 9.61. The van der Waals surface area contributed by atoms with E-state index in [0.29, 0.717) is 6.67 Å². The predicted molar refractivity (Wildman–Crippen MR) is 80.0 cm³/mol. The third kappa shape index (κ3) is 2.45. The van der Waals surface area contributed by atoms with Gasteiger partial charge in [-0.3, -0.25) is 4.99 Å². The number of hydrogen-bond donors (Lipinski definition) is 1. The highest BCUT2D eigenvalue weighted by Crippen LogP contribution is 2.25. The molecule has 4 heteroatoms. The molecule has 1 aliphatic heterocycles. The lowest BCUT2D eigenvalue weighted by atomic mass is 10.2. The molecule has 0 saturated heterocycles. The van der Waals surface area contributed by atoms with Crippen molar-refractivity contribution in [3.63, 3.8) is 0 Å². The lowest BCUT2D eigenvalue weighted by Crippen LogP contribution is -2.34. The van der Waals surface area contributed by atoms with E-state index in [2.05, 4.69) is 11.2 Å². The van der Waals surface area contributed by atoms with E-state index in [1.165, 1.54) is 0 Å². The molecule has 0 atom stereocenters. The van der Waals surface area contributed by atoms with Crippen LogP contribution in [0.1, 0.15) is 5.56 Å². The predicted octanol–water partition coefficient (Wildman–Crippen LogP) is 1.63. The van der Waals surface area contributed by atoms with E-state index in [9.17, 15) is 0 Å². The molecular formula is C16H17N3O. The van der Waals surface area contributed by atoms with Crippen LogP contribution in [-0.4, -0.2) is 18.6 Å². The molecule has 0 aromatic heterocycles. The third-order valence-corrected chi connectivity index (χ3v) is 3.25. The van der Waals surface area contributed by atoms with Crippen molar-refractivity contribution in [1.82, 2.24) is 4.90 Å². The normalized spacial score (nSPS) is 13.2. The van der Waals surface area contributed by atoms with Crippen LogP contribution in [-0.2, 0) is 0 Å². The molecule has 20 heavy (non-hydrogen) atoms. The molecule has 0 spiro atoms. The SMILES string of the molecule is Cc1cc(N)ccc1Oc1ccc2c(c1)=CN(C)CN=2. The second-order valence-electron chi connectivity index (χ2n) is 5.03. The molecule has 4 nitrogen and oxygen atoms in total. The monoisotopic (exact) mass is 267 g/mol. The van der Waals surface area contributed by atoms with Crippen molar-refractivity contribution in [2.24, 2.45) is 4.99 Å². The first kappa shape index (κ1) is 12.5. The summed E-state index contributed by atoms with van der Waals surface area (Å²) in [6, 6.07) is 11.6. The molecule has 2 aromatic carbocycles. The second-order valence-corrected chi connectivity index (χ2v) is 5.03. The summed E-state index contributed by atoms with van der Waals surface area (Å²) >= 11 is 0. The standard InChI is InChI=1S/C16H17N3O/c1-11-7-13(17)3-6-16(11)20-14-4-5-15-12(8-14)9-19(2)10-18-15/h3-9H,10,17H2,1-2H3. The number of fused-ring (bicyclic) bond motifs is 1. The Labute approximate surface area is 117 Å². The van der Waals surface area contributed by atoms with Crippen LogP contribution < -0.4 is 21.0 Å². The van der Waals surface area contributed by atoms with Gasteiger partial charge in [-0.25, -0.2) is 0 Å². The molecule has 102 valence electrons. The number of nitrogen functional groups attached to an aromatic ring is 1. The minimum atomic E-state index is 0.699. The molecule has 1 aliphatic rings. The summed E-state index contributed by atoms with van der Waals surface area (Å²) in [4.78, 5) is 6.52. The van der Waals surface area contributed by atoms with Crippen LogP contribution in [0.25, 0.3) is 6.20 Å². The van der Waals surface area contributed by atoms with Crippen LogP contribution in [0.4, 0.5) is 5.69 Å². The van der Waals surface area contributed by atoms with Crippen LogP contribution in [0.5, 0.6) is 11.5 Å². The second kappa shape index (κ2) is 4.89. The summed E-state index contributed by atoms with van der Waals surface area (Å²) in [5.41, 5.74) is 7.52.